The molecule has 1 unspecified atom stereocenters. The molecule has 0 heterocycles. The molecule has 0 amide bonds. The number of sulfone groups is 1. The molecule has 0 bridgehead atoms. The van der Waals surface area contributed by atoms with E-state index in [0.717, 1.165) is 22.3 Å². The van der Waals surface area contributed by atoms with Crippen molar-refractivity contribution in [1.82, 2.24) is 0 Å². The van der Waals surface area contributed by atoms with E-state index in [4.69, 9.17) is 4.74 Å². The lowest BCUT2D eigenvalue weighted by molar-refractivity contribution is -0.00621. The van der Waals surface area contributed by atoms with Gasteiger partial charge >= 0.3 is 0 Å². The van der Waals surface area contributed by atoms with E-state index in [0.29, 0.717) is 11.4 Å². The number of ether oxygens (including phenoxy) is 1. The Balaban J connectivity index is 1.72. The molecule has 30 heavy (non-hydrogen) atoms. The Labute approximate surface area is 178 Å². The van der Waals surface area contributed by atoms with E-state index in [1.54, 1.807) is 42.5 Å². The van der Waals surface area contributed by atoms with Crippen LogP contribution in [0, 0.1) is 27.7 Å². The fourth-order valence-electron chi connectivity index (χ4n) is 3.43. The van der Waals surface area contributed by atoms with E-state index in [2.05, 4.69) is 5.32 Å². The van der Waals surface area contributed by atoms with Gasteiger partial charge in [0.2, 0.25) is 16.1 Å². The van der Waals surface area contributed by atoms with Crippen LogP contribution in [-0.4, -0.2) is 26.4 Å². The second-order valence-corrected chi connectivity index (χ2v) is 9.48. The number of nitrogens with one attached hydrogen (secondary N) is 1. The quantitative estimate of drug-likeness (QED) is 0.543. The van der Waals surface area contributed by atoms with Gasteiger partial charge in [0.15, 0.2) is 0 Å². The van der Waals surface area contributed by atoms with Crippen LogP contribution >= 0.6 is 0 Å². The average Bonchev–Trinajstić information content (AvgIpc) is 2.69. The Kier molecular flexibility index (Phi) is 6.48. The summed E-state index contributed by atoms with van der Waals surface area (Å²) in [7, 11) is -3.62. The highest BCUT2D eigenvalue weighted by atomic mass is 32.2. The Morgan fingerprint density at radius 2 is 1.47 bits per heavy atom. The first-order valence-corrected chi connectivity index (χ1v) is 11.2. The van der Waals surface area contributed by atoms with Crippen molar-refractivity contribution < 1.29 is 18.3 Å². The average molecular weight is 426 g/mol. The van der Waals surface area contributed by atoms with Crippen LogP contribution in [0.3, 0.4) is 0 Å². The second kappa shape index (κ2) is 8.90. The van der Waals surface area contributed by atoms with Crippen molar-refractivity contribution >= 4 is 15.5 Å². The highest BCUT2D eigenvalue weighted by molar-refractivity contribution is 7.91. The summed E-state index contributed by atoms with van der Waals surface area (Å²) in [5.41, 5.74) is 4.52. The molecule has 0 spiro atoms. The zero-order valence-corrected chi connectivity index (χ0v) is 18.5. The normalized spacial score (nSPS) is 12.4. The van der Waals surface area contributed by atoms with Crippen molar-refractivity contribution in [2.24, 2.45) is 0 Å². The topological polar surface area (TPSA) is 75.6 Å². The Hall–Kier alpha value is -2.83. The summed E-state index contributed by atoms with van der Waals surface area (Å²) >= 11 is 0. The zero-order valence-electron chi connectivity index (χ0n) is 17.6. The summed E-state index contributed by atoms with van der Waals surface area (Å²) in [6, 6.07) is 17.4. The fraction of sp³-hybridized carbons (Fsp3) is 0.250. The molecule has 0 aliphatic carbocycles. The molecule has 6 heteroatoms. The molecule has 0 aliphatic rings. The SMILES string of the molecule is Cc1cccc(S(=O)(=O)c2cccc(NCC(O)Oc3c(C)cc(C)cc3C)c2)c1. The molecule has 158 valence electrons. The van der Waals surface area contributed by atoms with Crippen molar-refractivity contribution in [2.45, 2.75) is 43.8 Å². The van der Waals surface area contributed by atoms with Gasteiger partial charge in [-0.25, -0.2) is 8.42 Å². The molecule has 0 saturated carbocycles. The molecule has 0 saturated heterocycles. The second-order valence-electron chi connectivity index (χ2n) is 7.53. The summed E-state index contributed by atoms with van der Waals surface area (Å²) in [6.07, 6.45) is -1.08. The minimum Gasteiger partial charge on any atom is -0.463 e. The molecular weight excluding hydrogens is 398 g/mol. The fourth-order valence-corrected chi connectivity index (χ4v) is 4.84. The van der Waals surface area contributed by atoms with Crippen LogP contribution < -0.4 is 10.1 Å². The maximum atomic E-state index is 12.9. The lowest BCUT2D eigenvalue weighted by Gasteiger charge is -2.19. The maximum absolute atomic E-state index is 12.9. The van der Waals surface area contributed by atoms with Crippen molar-refractivity contribution in [2.75, 3.05) is 11.9 Å². The molecular formula is C24H27NO4S. The minimum atomic E-state index is -3.62. The van der Waals surface area contributed by atoms with E-state index in [9.17, 15) is 13.5 Å². The summed E-state index contributed by atoms with van der Waals surface area (Å²) < 4.78 is 31.5. The van der Waals surface area contributed by atoms with Crippen molar-refractivity contribution in [3.63, 3.8) is 0 Å². The van der Waals surface area contributed by atoms with Crippen LogP contribution in [0.25, 0.3) is 0 Å². The molecule has 1 atom stereocenters. The van der Waals surface area contributed by atoms with Gasteiger partial charge < -0.3 is 15.2 Å². The van der Waals surface area contributed by atoms with Gasteiger partial charge in [-0.05, 0) is 74.7 Å². The van der Waals surface area contributed by atoms with Crippen LogP contribution in [0.4, 0.5) is 5.69 Å². The molecule has 0 aliphatic heterocycles. The third kappa shape index (κ3) is 5.01. The summed E-state index contributed by atoms with van der Waals surface area (Å²) in [5.74, 6) is 0.658. The van der Waals surface area contributed by atoms with E-state index in [1.807, 2.05) is 45.9 Å². The number of hydrogen-bond donors (Lipinski definition) is 2. The monoisotopic (exact) mass is 425 g/mol. The van der Waals surface area contributed by atoms with Crippen molar-refractivity contribution in [3.05, 3.63) is 82.9 Å². The molecule has 0 aromatic heterocycles. The number of aryl methyl sites for hydroxylation is 4. The number of aliphatic hydroxyl groups excluding tert-OH is 1. The highest BCUT2D eigenvalue weighted by Crippen LogP contribution is 2.26. The van der Waals surface area contributed by atoms with Crippen LogP contribution in [0.15, 0.2) is 70.5 Å². The van der Waals surface area contributed by atoms with Crippen LogP contribution in [-0.2, 0) is 9.84 Å². The van der Waals surface area contributed by atoms with Gasteiger partial charge in [0.1, 0.15) is 5.75 Å². The maximum Gasteiger partial charge on any atom is 0.214 e. The molecule has 3 aromatic carbocycles. The van der Waals surface area contributed by atoms with Gasteiger partial charge in [0, 0.05) is 5.69 Å². The van der Waals surface area contributed by atoms with E-state index < -0.39 is 16.1 Å². The first kappa shape index (κ1) is 21.9. The lowest BCUT2D eigenvalue weighted by atomic mass is 10.1. The zero-order chi connectivity index (χ0) is 21.9. The predicted molar refractivity (Wildman–Crippen MR) is 119 cm³/mol. The van der Waals surface area contributed by atoms with Crippen molar-refractivity contribution in [1.29, 1.82) is 0 Å². The summed E-state index contributed by atoms with van der Waals surface area (Å²) in [6.45, 7) is 7.86. The first-order valence-electron chi connectivity index (χ1n) is 9.75. The molecule has 0 fully saturated rings. The standard InChI is InChI=1S/C24H27NO4S/c1-16-7-5-9-21(13-16)30(27,28)22-10-6-8-20(14-22)25-15-23(26)29-24-18(3)11-17(2)12-19(24)4/h5-14,23,25-26H,15H2,1-4H3. The van der Waals surface area contributed by atoms with Crippen LogP contribution in [0.1, 0.15) is 22.3 Å². The third-order valence-electron chi connectivity index (χ3n) is 4.78. The Morgan fingerprint density at radius 1 is 0.867 bits per heavy atom. The number of aliphatic hydroxyl groups is 1. The van der Waals surface area contributed by atoms with Gasteiger partial charge in [0.25, 0.3) is 0 Å². The Morgan fingerprint density at radius 3 is 2.10 bits per heavy atom. The summed E-state index contributed by atoms with van der Waals surface area (Å²) in [5, 5.41) is 13.4. The molecule has 5 nitrogen and oxygen atoms in total. The summed E-state index contributed by atoms with van der Waals surface area (Å²) in [4.78, 5) is 0.451. The van der Waals surface area contributed by atoms with Crippen LogP contribution in [0.5, 0.6) is 5.75 Å². The largest absolute Gasteiger partial charge is 0.463 e. The Bertz CT molecular complexity index is 1130. The molecule has 3 aromatic rings. The molecule has 3 rings (SSSR count). The number of rotatable bonds is 7. The molecule has 2 N–H and O–H groups in total. The predicted octanol–water partition coefficient (Wildman–Crippen LogP) is 4.56. The number of anilines is 1. The lowest BCUT2D eigenvalue weighted by Crippen LogP contribution is -2.26. The van der Waals surface area contributed by atoms with Gasteiger partial charge in [-0.1, -0.05) is 35.9 Å². The van der Waals surface area contributed by atoms with Crippen molar-refractivity contribution in [3.8, 4) is 5.75 Å². The highest BCUT2D eigenvalue weighted by Gasteiger charge is 2.18. The smallest absolute Gasteiger partial charge is 0.214 e. The van der Waals surface area contributed by atoms with Gasteiger partial charge in [0.05, 0.1) is 16.3 Å². The molecule has 0 radical (unpaired) electrons. The van der Waals surface area contributed by atoms with E-state index in [1.165, 1.54) is 0 Å². The first-order chi connectivity index (χ1) is 14.2. The number of hydrogen-bond acceptors (Lipinski definition) is 5. The number of benzene rings is 3. The van der Waals surface area contributed by atoms with E-state index >= 15 is 0 Å². The van der Waals surface area contributed by atoms with Gasteiger partial charge in [-0.15, -0.1) is 0 Å². The third-order valence-corrected chi connectivity index (χ3v) is 6.53. The van der Waals surface area contributed by atoms with Crippen LogP contribution in [0.2, 0.25) is 0 Å². The minimum absolute atomic E-state index is 0.112. The van der Waals surface area contributed by atoms with Gasteiger partial charge in [-0.2, -0.15) is 0 Å². The van der Waals surface area contributed by atoms with Gasteiger partial charge in [-0.3, -0.25) is 0 Å². The van der Waals surface area contributed by atoms with E-state index in [-0.39, 0.29) is 16.3 Å².